The molecule has 2 rings (SSSR count). The van der Waals surface area contributed by atoms with Crippen molar-refractivity contribution in [2.75, 3.05) is 0 Å². The van der Waals surface area contributed by atoms with Crippen LogP contribution in [-0.4, -0.2) is 38.6 Å². The van der Waals surface area contributed by atoms with Crippen LogP contribution in [0, 0.1) is 5.92 Å². The molecule has 0 fully saturated rings. The first kappa shape index (κ1) is 17.9. The summed E-state index contributed by atoms with van der Waals surface area (Å²) in [4.78, 5) is 25.0. The number of amides is 1. The van der Waals surface area contributed by atoms with E-state index in [1.165, 1.54) is 4.68 Å². The molecule has 0 saturated carbocycles. The molecular weight excluding hydrogens is 308 g/mol. The minimum atomic E-state index is -0.741. The van der Waals surface area contributed by atoms with Crippen molar-refractivity contribution >= 4 is 23.0 Å². The number of para-hydroxylation sites is 1. The zero-order valence-electron chi connectivity index (χ0n) is 14.7. The van der Waals surface area contributed by atoms with Gasteiger partial charge < -0.3 is 10.1 Å². The van der Waals surface area contributed by atoms with Gasteiger partial charge in [-0.25, -0.2) is 4.79 Å². The topological polar surface area (TPSA) is 86.1 Å². The van der Waals surface area contributed by atoms with Crippen LogP contribution in [0.5, 0.6) is 0 Å². The molecular formula is C17H24N4O3. The monoisotopic (exact) mass is 332 g/mol. The number of alkyl carbamates (subject to hydrolysis) is 1. The molecule has 0 aliphatic rings. The minimum absolute atomic E-state index is 0.0759. The Bertz CT molecular complexity index is 733. The van der Waals surface area contributed by atoms with Gasteiger partial charge in [-0.05, 0) is 38.8 Å². The van der Waals surface area contributed by atoms with Crippen LogP contribution < -0.4 is 5.32 Å². The van der Waals surface area contributed by atoms with E-state index < -0.39 is 17.7 Å². The first-order valence-corrected chi connectivity index (χ1v) is 8.07. The van der Waals surface area contributed by atoms with Gasteiger partial charge in [0.2, 0.25) is 0 Å². The van der Waals surface area contributed by atoms with Gasteiger partial charge in [-0.1, -0.05) is 37.6 Å². The van der Waals surface area contributed by atoms with Gasteiger partial charge in [0.1, 0.15) is 17.2 Å². The SMILES string of the molecule is CC[C@H](C)[C@H](NC(=O)OC(C)(C)C)C(=O)n1nnc2ccccc21. The number of ether oxygens (including phenoxy) is 1. The Morgan fingerprint density at radius 3 is 2.58 bits per heavy atom. The maximum atomic E-state index is 12.9. The van der Waals surface area contributed by atoms with Gasteiger partial charge in [-0.15, -0.1) is 5.10 Å². The van der Waals surface area contributed by atoms with Crippen LogP contribution >= 0.6 is 0 Å². The molecule has 1 heterocycles. The third kappa shape index (κ3) is 4.10. The summed E-state index contributed by atoms with van der Waals surface area (Å²) in [5.74, 6) is -0.406. The summed E-state index contributed by atoms with van der Waals surface area (Å²) >= 11 is 0. The second-order valence-corrected chi connectivity index (χ2v) is 6.84. The highest BCUT2D eigenvalue weighted by Gasteiger charge is 2.30. The number of aromatic nitrogens is 3. The van der Waals surface area contributed by atoms with Crippen molar-refractivity contribution in [1.82, 2.24) is 20.3 Å². The molecule has 0 spiro atoms. The van der Waals surface area contributed by atoms with Gasteiger partial charge in [0.15, 0.2) is 0 Å². The second kappa shape index (κ2) is 6.98. The Kier molecular flexibility index (Phi) is 5.21. The zero-order valence-corrected chi connectivity index (χ0v) is 14.7. The van der Waals surface area contributed by atoms with Crippen molar-refractivity contribution in [2.24, 2.45) is 5.92 Å². The van der Waals surface area contributed by atoms with E-state index in [0.717, 1.165) is 6.42 Å². The van der Waals surface area contributed by atoms with Gasteiger partial charge >= 0.3 is 6.09 Å². The summed E-state index contributed by atoms with van der Waals surface area (Å²) in [6.45, 7) is 9.19. The number of hydrogen-bond acceptors (Lipinski definition) is 5. The molecule has 0 bridgehead atoms. The largest absolute Gasteiger partial charge is 0.444 e. The van der Waals surface area contributed by atoms with Gasteiger partial charge in [-0.2, -0.15) is 4.68 Å². The molecule has 1 amide bonds. The second-order valence-electron chi connectivity index (χ2n) is 6.84. The number of hydrogen-bond donors (Lipinski definition) is 1. The Hall–Kier alpha value is -2.44. The third-order valence-electron chi connectivity index (χ3n) is 3.71. The average Bonchev–Trinajstić information content (AvgIpc) is 2.93. The summed E-state index contributed by atoms with van der Waals surface area (Å²) in [5, 5.41) is 10.6. The normalized spacial score (nSPS) is 14.2. The molecule has 1 aromatic carbocycles. The summed E-state index contributed by atoms with van der Waals surface area (Å²) in [6, 6.07) is 6.46. The molecule has 24 heavy (non-hydrogen) atoms. The first-order chi connectivity index (χ1) is 11.2. The Balaban J connectivity index is 2.27. The van der Waals surface area contributed by atoms with Crippen molar-refractivity contribution in [1.29, 1.82) is 0 Å². The van der Waals surface area contributed by atoms with E-state index in [9.17, 15) is 9.59 Å². The third-order valence-corrected chi connectivity index (χ3v) is 3.71. The van der Waals surface area contributed by atoms with Crippen LogP contribution in [0.4, 0.5) is 4.79 Å². The highest BCUT2D eigenvalue weighted by molar-refractivity contribution is 5.93. The lowest BCUT2D eigenvalue weighted by Gasteiger charge is -2.25. The fraction of sp³-hybridized carbons (Fsp3) is 0.529. The van der Waals surface area contributed by atoms with E-state index in [-0.39, 0.29) is 11.8 Å². The molecule has 2 atom stereocenters. The Morgan fingerprint density at radius 1 is 1.29 bits per heavy atom. The van der Waals surface area contributed by atoms with Gasteiger partial charge in [0.05, 0.1) is 5.52 Å². The number of fused-ring (bicyclic) bond motifs is 1. The number of nitrogens with one attached hydrogen (secondary N) is 1. The average molecular weight is 332 g/mol. The minimum Gasteiger partial charge on any atom is -0.444 e. The van der Waals surface area contributed by atoms with Crippen molar-refractivity contribution in [3.05, 3.63) is 24.3 Å². The molecule has 0 radical (unpaired) electrons. The lowest BCUT2D eigenvalue weighted by atomic mass is 9.98. The first-order valence-electron chi connectivity index (χ1n) is 8.07. The lowest BCUT2D eigenvalue weighted by Crippen LogP contribution is -2.49. The highest BCUT2D eigenvalue weighted by Crippen LogP contribution is 2.16. The predicted octanol–water partition coefficient (Wildman–Crippen LogP) is 3.01. The summed E-state index contributed by atoms with van der Waals surface area (Å²) in [7, 11) is 0. The van der Waals surface area contributed by atoms with E-state index in [1.807, 2.05) is 26.0 Å². The van der Waals surface area contributed by atoms with Crippen molar-refractivity contribution in [3.8, 4) is 0 Å². The predicted molar refractivity (Wildman–Crippen MR) is 90.8 cm³/mol. The van der Waals surface area contributed by atoms with E-state index in [2.05, 4.69) is 15.6 Å². The molecule has 1 N–H and O–H groups in total. The van der Waals surface area contributed by atoms with E-state index in [0.29, 0.717) is 11.0 Å². The standard InChI is InChI=1S/C17H24N4O3/c1-6-11(2)14(18-16(23)24-17(3,4)5)15(22)21-13-10-8-7-9-12(13)19-20-21/h7-11,14H,6H2,1-5H3,(H,18,23)/t11-,14-/m0/s1. The van der Waals surface area contributed by atoms with Crippen LogP contribution in [0.1, 0.15) is 45.8 Å². The molecule has 0 aliphatic carbocycles. The highest BCUT2D eigenvalue weighted by atomic mass is 16.6. The number of carbonyl (C=O) groups excluding carboxylic acids is 2. The number of carbonyl (C=O) groups is 2. The zero-order chi connectivity index (χ0) is 17.9. The summed E-state index contributed by atoms with van der Waals surface area (Å²) in [6.07, 6.45) is 0.101. The summed E-state index contributed by atoms with van der Waals surface area (Å²) in [5.41, 5.74) is 0.611. The van der Waals surface area contributed by atoms with Crippen LogP contribution in [-0.2, 0) is 4.74 Å². The Labute approximate surface area is 141 Å². The van der Waals surface area contributed by atoms with E-state index >= 15 is 0 Å². The summed E-state index contributed by atoms with van der Waals surface area (Å²) < 4.78 is 6.51. The fourth-order valence-electron chi connectivity index (χ4n) is 2.28. The Morgan fingerprint density at radius 2 is 1.96 bits per heavy atom. The molecule has 0 aliphatic heterocycles. The smallest absolute Gasteiger partial charge is 0.408 e. The van der Waals surface area contributed by atoms with Crippen molar-refractivity contribution < 1.29 is 14.3 Å². The quantitative estimate of drug-likeness (QED) is 0.930. The maximum absolute atomic E-state index is 12.9. The molecule has 1 aromatic heterocycles. The van der Waals surface area contributed by atoms with Crippen LogP contribution in [0.15, 0.2) is 24.3 Å². The molecule has 7 heteroatoms. The van der Waals surface area contributed by atoms with Crippen LogP contribution in [0.25, 0.3) is 11.0 Å². The van der Waals surface area contributed by atoms with Crippen molar-refractivity contribution in [3.63, 3.8) is 0 Å². The van der Waals surface area contributed by atoms with Gasteiger partial charge in [0, 0.05) is 0 Å². The number of rotatable bonds is 4. The molecule has 2 aromatic rings. The molecule has 0 unspecified atom stereocenters. The maximum Gasteiger partial charge on any atom is 0.408 e. The fourth-order valence-corrected chi connectivity index (χ4v) is 2.28. The number of benzene rings is 1. The van der Waals surface area contributed by atoms with Crippen LogP contribution in [0.3, 0.4) is 0 Å². The van der Waals surface area contributed by atoms with Crippen molar-refractivity contribution in [2.45, 2.75) is 52.7 Å². The number of nitrogens with zero attached hydrogens (tertiary/aromatic N) is 3. The lowest BCUT2D eigenvalue weighted by molar-refractivity contribution is 0.0458. The van der Waals surface area contributed by atoms with Crippen LogP contribution in [0.2, 0.25) is 0 Å². The van der Waals surface area contributed by atoms with E-state index in [4.69, 9.17) is 4.74 Å². The van der Waals surface area contributed by atoms with Gasteiger partial charge in [0.25, 0.3) is 5.91 Å². The molecule has 0 saturated heterocycles. The molecule has 7 nitrogen and oxygen atoms in total. The van der Waals surface area contributed by atoms with E-state index in [1.54, 1.807) is 32.9 Å². The molecule has 130 valence electrons. The van der Waals surface area contributed by atoms with Gasteiger partial charge in [-0.3, -0.25) is 4.79 Å².